The summed E-state index contributed by atoms with van der Waals surface area (Å²) in [5.74, 6) is 0.650. The van der Waals surface area contributed by atoms with Crippen LogP contribution in [0.2, 0.25) is 0 Å². The second-order valence-electron chi connectivity index (χ2n) is 4.58. The molecule has 0 spiro atoms. The van der Waals surface area contributed by atoms with E-state index < -0.39 is 0 Å². The highest BCUT2D eigenvalue weighted by Gasteiger charge is 2.06. The summed E-state index contributed by atoms with van der Waals surface area (Å²) in [6.07, 6.45) is 5.02. The minimum Gasteiger partial charge on any atom is -0.456 e. The van der Waals surface area contributed by atoms with E-state index >= 15 is 0 Å². The molecule has 0 aliphatic rings. The molecule has 2 N–H and O–H groups in total. The number of nitrogens with zero attached hydrogens (tertiary/aromatic N) is 1. The summed E-state index contributed by atoms with van der Waals surface area (Å²) in [4.78, 5) is 4.12. The molecule has 1 aromatic heterocycles. The Kier molecular flexibility index (Phi) is 5.09. The molecular weight excluding hydrogens is 323 g/mol. The Bertz CT molecular complexity index is 592. The van der Waals surface area contributed by atoms with Gasteiger partial charge >= 0.3 is 0 Å². The van der Waals surface area contributed by atoms with Gasteiger partial charge in [-0.05, 0) is 52.5 Å². The maximum absolute atomic E-state index is 13.4. The minimum absolute atomic E-state index is 0.108. The zero-order valence-corrected chi connectivity index (χ0v) is 12.7. The van der Waals surface area contributed by atoms with Crippen molar-refractivity contribution in [2.45, 2.75) is 25.8 Å². The van der Waals surface area contributed by atoms with Crippen molar-refractivity contribution in [3.05, 3.63) is 52.5 Å². The highest BCUT2D eigenvalue weighted by atomic mass is 79.9. The minimum atomic E-state index is -0.361. The molecule has 0 saturated carbocycles. The van der Waals surface area contributed by atoms with Crippen molar-refractivity contribution < 1.29 is 9.13 Å². The first kappa shape index (κ1) is 14.9. The molecular formula is C15H16BrFN2O. The highest BCUT2D eigenvalue weighted by Crippen LogP contribution is 2.25. The van der Waals surface area contributed by atoms with E-state index in [-0.39, 0.29) is 11.9 Å². The molecule has 1 unspecified atom stereocenters. The van der Waals surface area contributed by atoms with Crippen LogP contribution in [0.1, 0.15) is 18.9 Å². The lowest BCUT2D eigenvalue weighted by Crippen LogP contribution is -2.21. The van der Waals surface area contributed by atoms with E-state index in [2.05, 4.69) is 20.9 Å². The largest absolute Gasteiger partial charge is 0.456 e. The van der Waals surface area contributed by atoms with Crippen molar-refractivity contribution in [1.82, 2.24) is 4.98 Å². The summed E-state index contributed by atoms with van der Waals surface area (Å²) in [6, 6.07) is 6.61. The number of hydrogen-bond acceptors (Lipinski definition) is 3. The van der Waals surface area contributed by atoms with Gasteiger partial charge in [0.25, 0.3) is 0 Å². The molecule has 1 heterocycles. The molecule has 3 nitrogen and oxygen atoms in total. The first-order valence-electron chi connectivity index (χ1n) is 6.41. The van der Waals surface area contributed by atoms with Crippen LogP contribution < -0.4 is 10.5 Å². The number of halogens is 2. The summed E-state index contributed by atoms with van der Waals surface area (Å²) >= 11 is 3.10. The number of aromatic nitrogens is 1. The molecule has 1 atom stereocenters. The van der Waals surface area contributed by atoms with E-state index in [1.807, 2.05) is 13.0 Å². The van der Waals surface area contributed by atoms with Gasteiger partial charge in [0, 0.05) is 18.3 Å². The predicted molar refractivity (Wildman–Crippen MR) is 80.4 cm³/mol. The van der Waals surface area contributed by atoms with Gasteiger partial charge in [0.2, 0.25) is 0 Å². The van der Waals surface area contributed by atoms with E-state index in [4.69, 9.17) is 10.5 Å². The fourth-order valence-corrected chi connectivity index (χ4v) is 2.00. The standard InChI is InChI=1S/C15H16BrFN2O/c1-2-11(18)5-10-6-13(9-19-8-10)20-12-3-4-14(16)15(17)7-12/h3-4,6-9,11H,2,5,18H2,1H3. The van der Waals surface area contributed by atoms with Crippen molar-refractivity contribution in [2.24, 2.45) is 5.73 Å². The molecule has 0 fully saturated rings. The molecule has 5 heteroatoms. The van der Waals surface area contributed by atoms with Gasteiger partial charge in [-0.2, -0.15) is 0 Å². The molecule has 0 amide bonds. The van der Waals surface area contributed by atoms with E-state index in [9.17, 15) is 4.39 Å². The third-order valence-electron chi connectivity index (χ3n) is 2.92. The molecule has 1 aromatic carbocycles. The summed E-state index contributed by atoms with van der Waals surface area (Å²) < 4.78 is 19.4. The molecule has 0 aliphatic heterocycles. The van der Waals surface area contributed by atoms with E-state index in [0.29, 0.717) is 16.0 Å². The van der Waals surface area contributed by atoms with Gasteiger partial charge in [-0.15, -0.1) is 0 Å². The van der Waals surface area contributed by atoms with Gasteiger partial charge in [0.15, 0.2) is 0 Å². The van der Waals surface area contributed by atoms with Crippen molar-refractivity contribution in [2.75, 3.05) is 0 Å². The van der Waals surface area contributed by atoms with Crippen molar-refractivity contribution in [3.8, 4) is 11.5 Å². The van der Waals surface area contributed by atoms with Crippen molar-refractivity contribution in [3.63, 3.8) is 0 Å². The third kappa shape index (κ3) is 4.02. The van der Waals surface area contributed by atoms with Gasteiger partial charge in [0.1, 0.15) is 17.3 Å². The monoisotopic (exact) mass is 338 g/mol. The SMILES string of the molecule is CCC(N)Cc1cncc(Oc2ccc(Br)c(F)c2)c1. The average Bonchev–Trinajstić information content (AvgIpc) is 2.43. The highest BCUT2D eigenvalue weighted by molar-refractivity contribution is 9.10. The van der Waals surface area contributed by atoms with Crippen LogP contribution in [0.25, 0.3) is 0 Å². The number of rotatable bonds is 5. The quantitative estimate of drug-likeness (QED) is 0.894. The van der Waals surface area contributed by atoms with Gasteiger partial charge in [-0.1, -0.05) is 6.92 Å². The Morgan fingerprint density at radius 3 is 2.80 bits per heavy atom. The summed E-state index contributed by atoms with van der Waals surface area (Å²) in [5, 5.41) is 0. The van der Waals surface area contributed by atoms with Gasteiger partial charge < -0.3 is 10.5 Å². The fraction of sp³-hybridized carbons (Fsp3) is 0.267. The second-order valence-corrected chi connectivity index (χ2v) is 5.43. The molecule has 106 valence electrons. The number of hydrogen-bond donors (Lipinski definition) is 1. The first-order valence-corrected chi connectivity index (χ1v) is 7.20. The van der Waals surface area contributed by atoms with E-state index in [1.165, 1.54) is 6.07 Å². The second kappa shape index (κ2) is 6.81. The summed E-state index contributed by atoms with van der Waals surface area (Å²) in [7, 11) is 0. The number of nitrogens with two attached hydrogens (primary N) is 1. The Morgan fingerprint density at radius 2 is 2.10 bits per heavy atom. The number of benzene rings is 1. The number of pyridine rings is 1. The maximum atomic E-state index is 13.4. The van der Waals surface area contributed by atoms with Crippen molar-refractivity contribution >= 4 is 15.9 Å². The zero-order chi connectivity index (χ0) is 14.5. The zero-order valence-electron chi connectivity index (χ0n) is 11.1. The maximum Gasteiger partial charge on any atom is 0.145 e. The molecule has 2 rings (SSSR count). The Hall–Kier alpha value is -1.46. The fourth-order valence-electron chi connectivity index (χ4n) is 1.75. The summed E-state index contributed by atoms with van der Waals surface area (Å²) in [6.45, 7) is 2.04. The molecule has 0 aliphatic carbocycles. The Morgan fingerprint density at radius 1 is 1.30 bits per heavy atom. The predicted octanol–water partition coefficient (Wildman–Crippen LogP) is 4.06. The number of ether oxygens (including phenoxy) is 1. The van der Waals surface area contributed by atoms with Crippen LogP contribution in [0.5, 0.6) is 11.5 Å². The molecule has 2 aromatic rings. The van der Waals surface area contributed by atoms with Crippen LogP contribution in [0.3, 0.4) is 0 Å². The first-order chi connectivity index (χ1) is 9.58. The van der Waals surface area contributed by atoms with Gasteiger partial charge in [-0.3, -0.25) is 4.98 Å². The smallest absolute Gasteiger partial charge is 0.145 e. The van der Waals surface area contributed by atoms with E-state index in [1.54, 1.807) is 24.5 Å². The Balaban J connectivity index is 2.12. The lowest BCUT2D eigenvalue weighted by molar-refractivity contribution is 0.472. The topological polar surface area (TPSA) is 48.1 Å². The van der Waals surface area contributed by atoms with Crippen LogP contribution in [0.15, 0.2) is 41.1 Å². The van der Waals surface area contributed by atoms with Crippen LogP contribution in [-0.4, -0.2) is 11.0 Å². The van der Waals surface area contributed by atoms with Crippen LogP contribution in [-0.2, 0) is 6.42 Å². The third-order valence-corrected chi connectivity index (χ3v) is 3.56. The molecule has 0 saturated heterocycles. The Labute approximate surface area is 126 Å². The lowest BCUT2D eigenvalue weighted by atomic mass is 10.1. The van der Waals surface area contributed by atoms with Gasteiger partial charge in [-0.25, -0.2) is 4.39 Å². The van der Waals surface area contributed by atoms with Gasteiger partial charge in [0.05, 0.1) is 10.7 Å². The van der Waals surface area contributed by atoms with Crippen molar-refractivity contribution in [1.29, 1.82) is 0 Å². The molecule has 0 bridgehead atoms. The van der Waals surface area contributed by atoms with Crippen LogP contribution >= 0.6 is 15.9 Å². The van der Waals surface area contributed by atoms with Crippen LogP contribution in [0, 0.1) is 5.82 Å². The van der Waals surface area contributed by atoms with E-state index in [0.717, 1.165) is 18.4 Å². The average molecular weight is 339 g/mol. The van der Waals surface area contributed by atoms with Crippen LogP contribution in [0.4, 0.5) is 4.39 Å². The molecule has 20 heavy (non-hydrogen) atoms. The normalized spacial score (nSPS) is 12.2. The summed E-state index contributed by atoms with van der Waals surface area (Å²) in [5.41, 5.74) is 6.93. The lowest BCUT2D eigenvalue weighted by Gasteiger charge is -2.10. The molecule has 0 radical (unpaired) electrons.